The van der Waals surface area contributed by atoms with Crippen molar-refractivity contribution < 1.29 is 4.79 Å². The first-order valence-electron chi connectivity index (χ1n) is 9.83. The van der Waals surface area contributed by atoms with Crippen LogP contribution in [0.3, 0.4) is 0 Å². The van der Waals surface area contributed by atoms with E-state index in [1.54, 1.807) is 36.2 Å². The van der Waals surface area contributed by atoms with Crippen LogP contribution in [0.1, 0.15) is 16.1 Å². The second kappa shape index (κ2) is 12.1. The molecule has 0 spiro atoms. The average Bonchev–Trinajstić information content (AvgIpc) is 2.73. The zero-order chi connectivity index (χ0) is 21.9. The van der Waals surface area contributed by atoms with Crippen molar-refractivity contribution in [3.05, 3.63) is 66.3 Å². The van der Waals surface area contributed by atoms with E-state index < -0.39 is 0 Å². The number of nitrogens with one attached hydrogen (secondary N) is 2. The smallest absolute Gasteiger partial charge is 0.274 e. The van der Waals surface area contributed by atoms with Crippen LogP contribution in [0.2, 0.25) is 0 Å². The van der Waals surface area contributed by atoms with Crippen LogP contribution in [0.15, 0.2) is 55.0 Å². The number of carbonyl (C=O) groups is 1. The molecule has 0 bridgehead atoms. The van der Waals surface area contributed by atoms with Gasteiger partial charge in [-0.15, -0.1) is 0 Å². The summed E-state index contributed by atoms with van der Waals surface area (Å²) in [5.41, 5.74) is 8.34. The molecule has 0 aliphatic heterocycles. The van der Waals surface area contributed by atoms with Crippen molar-refractivity contribution in [2.45, 2.75) is 6.54 Å². The number of rotatable bonds is 12. The number of anilines is 2. The molecule has 162 valence electrons. The highest BCUT2D eigenvalue weighted by Gasteiger charge is 2.12. The fourth-order valence-electron chi connectivity index (χ4n) is 2.71. The van der Waals surface area contributed by atoms with E-state index in [0.29, 0.717) is 23.6 Å². The number of hydrogen-bond acceptors (Lipinski definition) is 7. The number of benzene rings is 1. The fourth-order valence-corrected chi connectivity index (χ4v) is 3.02. The molecule has 2 rings (SSSR count). The molecule has 1 aromatic carbocycles. The Morgan fingerprint density at radius 3 is 2.60 bits per heavy atom. The van der Waals surface area contributed by atoms with Gasteiger partial charge in [-0.1, -0.05) is 24.8 Å². The molecule has 0 aliphatic carbocycles. The molecule has 30 heavy (non-hydrogen) atoms. The number of pyridine rings is 1. The second-order valence-corrected chi connectivity index (χ2v) is 8.17. The number of likely N-dealkylation sites (N-methyl/N-ethyl adjacent to an activating group) is 1. The van der Waals surface area contributed by atoms with E-state index in [0.717, 1.165) is 36.8 Å². The normalized spacial score (nSPS) is 10.7. The van der Waals surface area contributed by atoms with Crippen LogP contribution < -0.4 is 16.4 Å². The van der Waals surface area contributed by atoms with Gasteiger partial charge >= 0.3 is 0 Å². The van der Waals surface area contributed by atoms with Crippen molar-refractivity contribution in [3.63, 3.8) is 0 Å². The van der Waals surface area contributed by atoms with Crippen molar-refractivity contribution in [3.8, 4) is 0 Å². The Labute approximate surface area is 183 Å². The number of carbonyl (C=O) groups excluding carboxylic acids is 1. The third kappa shape index (κ3) is 7.61. The standard InChI is InChI=1S/C22H32N6OS/c1-17(24-11-14-30-4)28(13-12-27(2)3)16-18-9-10-21(25-15-18)22(29)26-20-8-6-5-7-19(20)23/h5-10,15,24H,1,11-14,16,23H2,2-4H3,(H,26,29). The van der Waals surface area contributed by atoms with Crippen LogP contribution >= 0.6 is 11.8 Å². The Morgan fingerprint density at radius 2 is 1.97 bits per heavy atom. The van der Waals surface area contributed by atoms with Gasteiger partial charge in [-0.3, -0.25) is 9.78 Å². The van der Waals surface area contributed by atoms with Crippen molar-refractivity contribution in [2.24, 2.45) is 0 Å². The van der Waals surface area contributed by atoms with Gasteiger partial charge in [0.15, 0.2) is 0 Å². The van der Waals surface area contributed by atoms with E-state index in [9.17, 15) is 4.79 Å². The van der Waals surface area contributed by atoms with Gasteiger partial charge in [0.25, 0.3) is 5.91 Å². The van der Waals surface area contributed by atoms with Crippen LogP contribution in [0.4, 0.5) is 11.4 Å². The average molecular weight is 429 g/mol. The SMILES string of the molecule is C=C(NCCSC)N(CCN(C)C)Cc1ccc(C(=O)Nc2ccccc2N)nc1. The van der Waals surface area contributed by atoms with Crippen LogP contribution in [-0.2, 0) is 6.54 Å². The molecule has 2 aromatic rings. The zero-order valence-corrected chi connectivity index (χ0v) is 18.8. The van der Waals surface area contributed by atoms with Gasteiger partial charge in [0.1, 0.15) is 5.69 Å². The lowest BCUT2D eigenvalue weighted by Gasteiger charge is -2.28. The fraction of sp³-hybridized carbons (Fsp3) is 0.364. The monoisotopic (exact) mass is 428 g/mol. The lowest BCUT2D eigenvalue weighted by molar-refractivity contribution is 0.102. The van der Waals surface area contributed by atoms with E-state index in [2.05, 4.69) is 52.3 Å². The van der Waals surface area contributed by atoms with Crippen LogP contribution in [0, 0.1) is 0 Å². The lowest BCUT2D eigenvalue weighted by atomic mass is 10.2. The molecule has 1 aromatic heterocycles. The summed E-state index contributed by atoms with van der Waals surface area (Å²) in [4.78, 5) is 21.1. The second-order valence-electron chi connectivity index (χ2n) is 7.18. The minimum Gasteiger partial charge on any atom is -0.397 e. The highest BCUT2D eigenvalue weighted by molar-refractivity contribution is 7.98. The Kier molecular flexibility index (Phi) is 9.50. The number of para-hydroxylation sites is 2. The molecule has 0 fully saturated rings. The van der Waals surface area contributed by atoms with Crippen LogP contribution in [-0.4, -0.2) is 66.4 Å². The molecule has 0 atom stereocenters. The van der Waals surface area contributed by atoms with Gasteiger partial charge < -0.3 is 26.2 Å². The molecule has 0 saturated heterocycles. The third-order valence-electron chi connectivity index (χ3n) is 4.47. The largest absolute Gasteiger partial charge is 0.397 e. The highest BCUT2D eigenvalue weighted by atomic mass is 32.2. The van der Waals surface area contributed by atoms with E-state index >= 15 is 0 Å². The summed E-state index contributed by atoms with van der Waals surface area (Å²) in [6, 6.07) is 10.8. The molecular weight excluding hydrogens is 396 g/mol. The first-order valence-corrected chi connectivity index (χ1v) is 11.2. The van der Waals surface area contributed by atoms with E-state index in [4.69, 9.17) is 5.73 Å². The Bertz CT molecular complexity index is 825. The summed E-state index contributed by atoms with van der Waals surface area (Å²) in [7, 11) is 4.10. The summed E-state index contributed by atoms with van der Waals surface area (Å²) in [5.74, 6) is 1.64. The topological polar surface area (TPSA) is 86.5 Å². The molecule has 1 amide bonds. The third-order valence-corrected chi connectivity index (χ3v) is 5.09. The number of nitrogen functional groups attached to an aromatic ring is 1. The van der Waals surface area contributed by atoms with Crippen LogP contribution in [0.5, 0.6) is 0 Å². The maximum Gasteiger partial charge on any atom is 0.274 e. The van der Waals surface area contributed by atoms with E-state index in [1.165, 1.54) is 0 Å². The highest BCUT2D eigenvalue weighted by Crippen LogP contribution is 2.17. The molecule has 1 heterocycles. The van der Waals surface area contributed by atoms with Gasteiger partial charge in [0, 0.05) is 38.1 Å². The number of amides is 1. The molecule has 4 N–H and O–H groups in total. The Balaban J connectivity index is 2.01. The van der Waals surface area contributed by atoms with E-state index in [1.807, 2.05) is 18.2 Å². The predicted octanol–water partition coefficient (Wildman–Crippen LogP) is 2.70. The maximum atomic E-state index is 12.5. The predicted molar refractivity (Wildman–Crippen MR) is 128 cm³/mol. The number of nitrogens with zero attached hydrogens (tertiary/aromatic N) is 3. The molecule has 0 radical (unpaired) electrons. The summed E-state index contributed by atoms with van der Waals surface area (Å²) in [5, 5.41) is 6.18. The van der Waals surface area contributed by atoms with Gasteiger partial charge in [0.2, 0.25) is 0 Å². The minimum absolute atomic E-state index is 0.285. The summed E-state index contributed by atoms with van der Waals surface area (Å²) < 4.78 is 0. The molecule has 0 saturated carbocycles. The minimum atomic E-state index is -0.285. The number of aromatic nitrogens is 1. The van der Waals surface area contributed by atoms with E-state index in [-0.39, 0.29) is 5.91 Å². The van der Waals surface area contributed by atoms with Crippen molar-refractivity contribution >= 4 is 29.0 Å². The quantitative estimate of drug-likeness (QED) is 0.354. The first-order chi connectivity index (χ1) is 14.4. The number of thioether (sulfide) groups is 1. The Morgan fingerprint density at radius 1 is 1.20 bits per heavy atom. The lowest BCUT2D eigenvalue weighted by Crippen LogP contribution is -2.36. The van der Waals surface area contributed by atoms with Gasteiger partial charge in [-0.2, -0.15) is 11.8 Å². The summed E-state index contributed by atoms with van der Waals surface area (Å²) in [6.07, 6.45) is 3.82. The van der Waals surface area contributed by atoms with Gasteiger partial charge in [-0.25, -0.2) is 0 Å². The molecule has 0 unspecified atom stereocenters. The summed E-state index contributed by atoms with van der Waals surface area (Å²) >= 11 is 1.80. The molecule has 0 aliphatic rings. The molecule has 8 heteroatoms. The molecule has 7 nitrogen and oxygen atoms in total. The number of nitrogens with two attached hydrogens (primary N) is 1. The number of hydrogen-bond donors (Lipinski definition) is 3. The van der Waals surface area contributed by atoms with Gasteiger partial charge in [0.05, 0.1) is 17.2 Å². The first kappa shape index (κ1) is 23.6. The van der Waals surface area contributed by atoms with Crippen molar-refractivity contribution in [2.75, 3.05) is 56.8 Å². The summed E-state index contributed by atoms with van der Waals surface area (Å²) in [6.45, 7) is 7.49. The van der Waals surface area contributed by atoms with Crippen molar-refractivity contribution in [1.29, 1.82) is 0 Å². The Hall–Kier alpha value is -2.71. The van der Waals surface area contributed by atoms with Gasteiger partial charge in [-0.05, 0) is 44.1 Å². The zero-order valence-electron chi connectivity index (χ0n) is 18.0. The molecular formula is C22H32N6OS. The van der Waals surface area contributed by atoms with Crippen molar-refractivity contribution in [1.82, 2.24) is 20.1 Å². The maximum absolute atomic E-state index is 12.5. The van der Waals surface area contributed by atoms with Crippen LogP contribution in [0.25, 0.3) is 0 Å².